The first kappa shape index (κ1) is 15.5. The lowest BCUT2D eigenvalue weighted by molar-refractivity contribution is 0.0727. The summed E-state index contributed by atoms with van der Waals surface area (Å²) in [6.45, 7) is 4.61. The fourth-order valence-electron chi connectivity index (χ4n) is 2.29. The minimum absolute atomic E-state index is 0.0893. The van der Waals surface area contributed by atoms with Gasteiger partial charge in [0.15, 0.2) is 0 Å². The number of hydrogen-bond acceptors (Lipinski definition) is 3. The summed E-state index contributed by atoms with van der Waals surface area (Å²) in [5.41, 5.74) is 5.57. The number of ether oxygens (including phenoxy) is 1. The van der Waals surface area contributed by atoms with Gasteiger partial charge < -0.3 is 15.8 Å². The van der Waals surface area contributed by atoms with Crippen molar-refractivity contribution in [3.63, 3.8) is 0 Å². The van der Waals surface area contributed by atoms with E-state index in [1.807, 2.05) is 13.8 Å². The smallest absolute Gasteiger partial charge is 0.253 e. The van der Waals surface area contributed by atoms with Gasteiger partial charge in [0, 0.05) is 12.2 Å². The normalized spacial score (nSPS) is 24.3. The van der Waals surface area contributed by atoms with E-state index < -0.39 is 11.4 Å². The third-order valence-corrected chi connectivity index (χ3v) is 3.84. The van der Waals surface area contributed by atoms with Crippen LogP contribution in [-0.2, 0) is 4.74 Å². The molecule has 21 heavy (non-hydrogen) atoms. The van der Waals surface area contributed by atoms with Crippen LogP contribution in [0.25, 0.3) is 0 Å². The van der Waals surface area contributed by atoms with Crippen LogP contribution < -0.4 is 11.1 Å². The van der Waals surface area contributed by atoms with Gasteiger partial charge in [-0.05, 0) is 38.5 Å². The number of hydrogen-bond donors (Lipinski definition) is 2. The minimum atomic E-state index is -0.473. The van der Waals surface area contributed by atoms with E-state index in [1.165, 1.54) is 18.2 Å². The molecule has 1 aromatic carbocycles. The van der Waals surface area contributed by atoms with Crippen molar-refractivity contribution < 1.29 is 13.9 Å². The van der Waals surface area contributed by atoms with E-state index in [1.54, 1.807) is 0 Å². The van der Waals surface area contributed by atoms with Crippen LogP contribution in [-0.4, -0.2) is 30.7 Å². The van der Waals surface area contributed by atoms with Crippen molar-refractivity contribution in [3.05, 3.63) is 35.1 Å². The monoisotopic (exact) mass is 290 g/mol. The van der Waals surface area contributed by atoms with Crippen molar-refractivity contribution in [1.82, 2.24) is 5.32 Å². The number of halogens is 1. The van der Waals surface area contributed by atoms with E-state index in [0.29, 0.717) is 12.2 Å². The van der Waals surface area contributed by atoms with Crippen LogP contribution in [0.5, 0.6) is 0 Å². The lowest BCUT2D eigenvalue weighted by Gasteiger charge is -2.29. The average molecular weight is 290 g/mol. The predicted octanol–water partition coefficient (Wildman–Crippen LogP) is 1.43. The Labute approximate surface area is 123 Å². The Bertz CT molecular complexity index is 606. The number of benzene rings is 1. The molecule has 1 amide bonds. The Balaban J connectivity index is 2.28. The summed E-state index contributed by atoms with van der Waals surface area (Å²) in [5, 5.41) is 2.94. The van der Waals surface area contributed by atoms with Crippen LogP contribution in [0.3, 0.4) is 0 Å². The second-order valence-electron chi connectivity index (χ2n) is 5.33. The van der Waals surface area contributed by atoms with Gasteiger partial charge in [-0.1, -0.05) is 11.8 Å². The summed E-state index contributed by atoms with van der Waals surface area (Å²) in [6.07, 6.45) is 0.632. The molecule has 112 valence electrons. The first-order valence-corrected chi connectivity index (χ1v) is 6.89. The van der Waals surface area contributed by atoms with Crippen LogP contribution in [0.1, 0.15) is 36.2 Å². The zero-order valence-corrected chi connectivity index (χ0v) is 12.2. The molecule has 2 unspecified atom stereocenters. The Hall–Kier alpha value is -1.90. The number of rotatable bonds is 2. The molecule has 0 saturated carbocycles. The van der Waals surface area contributed by atoms with E-state index in [2.05, 4.69) is 17.2 Å². The summed E-state index contributed by atoms with van der Waals surface area (Å²) < 4.78 is 18.9. The highest BCUT2D eigenvalue weighted by molar-refractivity contribution is 5.97. The van der Waals surface area contributed by atoms with Gasteiger partial charge in [-0.2, -0.15) is 0 Å². The molecule has 1 heterocycles. The summed E-state index contributed by atoms with van der Waals surface area (Å²) in [6, 6.07) is 3.96. The van der Waals surface area contributed by atoms with Crippen molar-refractivity contribution in [2.45, 2.75) is 31.9 Å². The van der Waals surface area contributed by atoms with Crippen molar-refractivity contribution in [2.75, 3.05) is 13.2 Å². The van der Waals surface area contributed by atoms with Crippen LogP contribution in [0, 0.1) is 17.7 Å². The van der Waals surface area contributed by atoms with Gasteiger partial charge in [0.05, 0.1) is 23.8 Å². The molecule has 4 nitrogen and oxygen atoms in total. The highest BCUT2D eigenvalue weighted by Gasteiger charge is 2.38. The van der Waals surface area contributed by atoms with Crippen molar-refractivity contribution in [2.24, 2.45) is 5.73 Å². The molecular weight excluding hydrogens is 271 g/mol. The molecule has 1 aliphatic heterocycles. The number of nitrogens with one attached hydrogen (secondary N) is 1. The van der Waals surface area contributed by atoms with Gasteiger partial charge in [0.2, 0.25) is 0 Å². The second-order valence-corrected chi connectivity index (χ2v) is 5.33. The number of amides is 1. The third kappa shape index (κ3) is 3.41. The summed E-state index contributed by atoms with van der Waals surface area (Å²) in [4.78, 5) is 12.5. The molecule has 0 aliphatic carbocycles. The SMILES string of the molecule is CC1OCCC1(C)NC(=O)c1cc(F)ccc1C#CCN. The maximum atomic E-state index is 13.4. The van der Waals surface area contributed by atoms with Crippen LogP contribution in [0.2, 0.25) is 0 Å². The van der Waals surface area contributed by atoms with Crippen molar-refractivity contribution in [3.8, 4) is 11.8 Å². The highest BCUT2D eigenvalue weighted by atomic mass is 19.1. The van der Waals surface area contributed by atoms with E-state index in [0.717, 1.165) is 6.42 Å². The molecule has 1 fully saturated rings. The topological polar surface area (TPSA) is 64.3 Å². The lowest BCUT2D eigenvalue weighted by atomic mass is 9.93. The number of carbonyl (C=O) groups excluding carboxylic acids is 1. The molecule has 0 bridgehead atoms. The number of nitrogens with two attached hydrogens (primary N) is 1. The Morgan fingerprint density at radius 1 is 1.62 bits per heavy atom. The first-order valence-electron chi connectivity index (χ1n) is 6.89. The molecule has 3 N–H and O–H groups in total. The zero-order chi connectivity index (χ0) is 15.5. The predicted molar refractivity (Wildman–Crippen MR) is 78.2 cm³/mol. The quantitative estimate of drug-likeness (QED) is 0.810. The largest absolute Gasteiger partial charge is 0.376 e. The van der Waals surface area contributed by atoms with E-state index in [-0.39, 0.29) is 24.1 Å². The van der Waals surface area contributed by atoms with Gasteiger partial charge in [-0.3, -0.25) is 4.79 Å². The fourth-order valence-corrected chi connectivity index (χ4v) is 2.29. The maximum absolute atomic E-state index is 13.4. The minimum Gasteiger partial charge on any atom is -0.376 e. The van der Waals surface area contributed by atoms with Crippen molar-refractivity contribution in [1.29, 1.82) is 0 Å². The fraction of sp³-hybridized carbons (Fsp3) is 0.438. The van der Waals surface area contributed by atoms with Crippen LogP contribution in [0.15, 0.2) is 18.2 Å². The van der Waals surface area contributed by atoms with E-state index in [4.69, 9.17) is 10.5 Å². The molecule has 2 atom stereocenters. The zero-order valence-electron chi connectivity index (χ0n) is 12.2. The van der Waals surface area contributed by atoms with Crippen LogP contribution in [0.4, 0.5) is 4.39 Å². The molecule has 2 rings (SSSR count). The summed E-state index contributed by atoms with van der Waals surface area (Å²) in [5.74, 6) is 4.65. The average Bonchev–Trinajstić information content (AvgIpc) is 2.77. The molecule has 0 spiro atoms. The Morgan fingerprint density at radius 3 is 3.00 bits per heavy atom. The Morgan fingerprint density at radius 2 is 2.38 bits per heavy atom. The molecule has 1 saturated heterocycles. The molecule has 0 radical (unpaired) electrons. The molecule has 1 aromatic rings. The standard InChI is InChI=1S/C16H19FN2O2/c1-11-16(2,7-9-21-11)19-15(20)14-10-13(17)6-5-12(14)4-3-8-18/h5-6,10-11H,7-9,18H2,1-2H3,(H,19,20). The molecule has 1 aliphatic rings. The van der Waals surface area contributed by atoms with E-state index >= 15 is 0 Å². The van der Waals surface area contributed by atoms with E-state index in [9.17, 15) is 9.18 Å². The lowest BCUT2D eigenvalue weighted by Crippen LogP contribution is -2.50. The van der Waals surface area contributed by atoms with Gasteiger partial charge in [0.25, 0.3) is 5.91 Å². The molecular formula is C16H19FN2O2. The molecule has 5 heteroatoms. The first-order chi connectivity index (χ1) is 9.96. The van der Waals surface area contributed by atoms with Gasteiger partial charge in [0.1, 0.15) is 5.82 Å². The third-order valence-electron chi connectivity index (χ3n) is 3.84. The van der Waals surface area contributed by atoms with Gasteiger partial charge in [-0.15, -0.1) is 0 Å². The van der Waals surface area contributed by atoms with Crippen molar-refractivity contribution >= 4 is 5.91 Å². The van der Waals surface area contributed by atoms with Crippen LogP contribution >= 0.6 is 0 Å². The molecule has 0 aromatic heterocycles. The Kier molecular flexibility index (Phi) is 4.61. The highest BCUT2D eigenvalue weighted by Crippen LogP contribution is 2.25. The van der Waals surface area contributed by atoms with Gasteiger partial charge >= 0.3 is 0 Å². The van der Waals surface area contributed by atoms with Gasteiger partial charge in [-0.25, -0.2) is 4.39 Å². The maximum Gasteiger partial charge on any atom is 0.253 e. The number of carbonyl (C=O) groups is 1. The summed E-state index contributed by atoms with van der Waals surface area (Å²) >= 11 is 0. The second kappa shape index (κ2) is 6.25. The summed E-state index contributed by atoms with van der Waals surface area (Å²) in [7, 11) is 0.